The lowest BCUT2D eigenvalue weighted by Gasteiger charge is -2.34. The molecule has 1 fully saturated rings. The normalized spacial score (nSPS) is 22.9. The molecule has 1 saturated heterocycles. The molecule has 1 aromatic heterocycles. The van der Waals surface area contributed by atoms with Gasteiger partial charge in [-0.05, 0) is 20.8 Å². The maximum absolute atomic E-state index is 12.5. The van der Waals surface area contributed by atoms with Gasteiger partial charge in [0.05, 0.1) is 17.1 Å². The number of morpholine rings is 1. The summed E-state index contributed by atoms with van der Waals surface area (Å²) < 4.78 is 6.92. The lowest BCUT2D eigenvalue weighted by molar-refractivity contribution is -0.385. The lowest BCUT2D eigenvalue weighted by Crippen LogP contribution is -2.48. The number of nitro groups is 1. The number of aryl methyl sites for hydroxylation is 1. The Labute approximate surface area is 116 Å². The Morgan fingerprint density at radius 1 is 1.40 bits per heavy atom. The average molecular weight is 282 g/mol. The summed E-state index contributed by atoms with van der Waals surface area (Å²) in [4.78, 5) is 24.6. The van der Waals surface area contributed by atoms with Crippen LogP contribution >= 0.6 is 0 Å². The summed E-state index contributed by atoms with van der Waals surface area (Å²) in [6, 6.07) is 0. The zero-order valence-electron chi connectivity index (χ0n) is 12.0. The van der Waals surface area contributed by atoms with Crippen molar-refractivity contribution < 1.29 is 14.5 Å². The van der Waals surface area contributed by atoms with E-state index in [0.29, 0.717) is 18.8 Å². The van der Waals surface area contributed by atoms with Crippen LogP contribution in [0, 0.1) is 17.0 Å². The highest BCUT2D eigenvalue weighted by molar-refractivity contribution is 5.96. The quantitative estimate of drug-likeness (QED) is 0.593. The van der Waals surface area contributed by atoms with Gasteiger partial charge >= 0.3 is 5.69 Å². The van der Waals surface area contributed by atoms with Crippen LogP contribution in [0.2, 0.25) is 0 Å². The summed E-state index contributed by atoms with van der Waals surface area (Å²) in [6.07, 6.45) is -0.182. The molecule has 0 spiro atoms. The molecule has 1 amide bonds. The Hall–Kier alpha value is -1.96. The van der Waals surface area contributed by atoms with Crippen molar-refractivity contribution in [2.24, 2.45) is 7.05 Å². The number of aromatic nitrogens is 2. The van der Waals surface area contributed by atoms with E-state index in [4.69, 9.17) is 4.74 Å². The van der Waals surface area contributed by atoms with E-state index < -0.39 is 10.8 Å². The predicted octanol–water partition coefficient (Wildman–Crippen LogP) is 0.886. The highest BCUT2D eigenvalue weighted by Gasteiger charge is 2.34. The number of ether oxygens (including phenoxy) is 1. The molecule has 20 heavy (non-hydrogen) atoms. The SMILES string of the molecule is Cc1c([N+](=O)[O-])c(C(=O)N2C[C@H](C)O[C@@H](C)C2)nn1C. The van der Waals surface area contributed by atoms with Crippen LogP contribution in [0.3, 0.4) is 0 Å². The number of nitrogens with zero attached hydrogens (tertiary/aromatic N) is 4. The molecule has 0 radical (unpaired) electrons. The molecule has 8 nitrogen and oxygen atoms in total. The fourth-order valence-corrected chi connectivity index (χ4v) is 2.45. The minimum absolute atomic E-state index is 0.0911. The van der Waals surface area contributed by atoms with Crippen molar-refractivity contribution in [3.63, 3.8) is 0 Å². The van der Waals surface area contributed by atoms with E-state index in [1.807, 2.05) is 13.8 Å². The number of hydrogen-bond donors (Lipinski definition) is 0. The molecule has 1 aromatic rings. The van der Waals surface area contributed by atoms with Gasteiger partial charge in [0.25, 0.3) is 5.91 Å². The first-order chi connectivity index (χ1) is 9.31. The highest BCUT2D eigenvalue weighted by Crippen LogP contribution is 2.24. The third-order valence-corrected chi connectivity index (χ3v) is 3.39. The van der Waals surface area contributed by atoms with Gasteiger partial charge in [-0.15, -0.1) is 0 Å². The molecule has 110 valence electrons. The van der Waals surface area contributed by atoms with Crippen molar-refractivity contribution in [2.45, 2.75) is 33.0 Å². The van der Waals surface area contributed by atoms with E-state index >= 15 is 0 Å². The van der Waals surface area contributed by atoms with Crippen molar-refractivity contribution in [2.75, 3.05) is 13.1 Å². The molecule has 0 N–H and O–H groups in total. The number of rotatable bonds is 2. The standard InChI is InChI=1S/C12H18N4O4/c1-7-5-15(6-8(2)20-7)12(17)10-11(16(18)19)9(3)14(4)13-10/h7-8H,5-6H2,1-4H3/t7-,8-/m0/s1. The first-order valence-corrected chi connectivity index (χ1v) is 6.44. The third-order valence-electron chi connectivity index (χ3n) is 3.39. The van der Waals surface area contributed by atoms with Crippen molar-refractivity contribution in [1.29, 1.82) is 0 Å². The topological polar surface area (TPSA) is 90.5 Å². The van der Waals surface area contributed by atoms with Crippen LogP contribution in [-0.4, -0.2) is 50.8 Å². The van der Waals surface area contributed by atoms with Crippen molar-refractivity contribution in [3.8, 4) is 0 Å². The number of amides is 1. The zero-order valence-corrected chi connectivity index (χ0v) is 12.0. The lowest BCUT2D eigenvalue weighted by atomic mass is 10.2. The molecule has 0 bridgehead atoms. The van der Waals surface area contributed by atoms with Crippen LogP contribution in [0.5, 0.6) is 0 Å². The second kappa shape index (κ2) is 5.20. The van der Waals surface area contributed by atoms with Crippen molar-refractivity contribution >= 4 is 11.6 Å². The average Bonchev–Trinajstić information content (AvgIpc) is 2.63. The smallest absolute Gasteiger partial charge is 0.322 e. The molecule has 2 heterocycles. The number of carbonyl (C=O) groups excluding carboxylic acids is 1. The maximum Gasteiger partial charge on any atom is 0.322 e. The molecule has 0 aromatic carbocycles. The van der Waals surface area contributed by atoms with E-state index in [9.17, 15) is 14.9 Å². The van der Waals surface area contributed by atoms with Gasteiger partial charge in [0.2, 0.25) is 5.69 Å². The Bertz CT molecular complexity index is 544. The molecular formula is C12H18N4O4. The Kier molecular flexibility index (Phi) is 3.76. The van der Waals surface area contributed by atoms with E-state index in [1.165, 1.54) is 4.68 Å². The number of carbonyl (C=O) groups is 1. The van der Waals surface area contributed by atoms with Crippen LogP contribution in [0.25, 0.3) is 0 Å². The summed E-state index contributed by atoms with van der Waals surface area (Å²) in [7, 11) is 1.59. The Morgan fingerprint density at radius 2 is 1.95 bits per heavy atom. The van der Waals surface area contributed by atoms with E-state index in [-0.39, 0.29) is 23.6 Å². The van der Waals surface area contributed by atoms with Gasteiger partial charge in [-0.2, -0.15) is 5.10 Å². The van der Waals surface area contributed by atoms with Crippen LogP contribution in [0.15, 0.2) is 0 Å². The molecule has 2 rings (SSSR count). The van der Waals surface area contributed by atoms with E-state index in [1.54, 1.807) is 18.9 Å². The van der Waals surface area contributed by atoms with Gasteiger partial charge in [0, 0.05) is 20.1 Å². The minimum Gasteiger partial charge on any atom is -0.372 e. The Balaban J connectivity index is 2.34. The largest absolute Gasteiger partial charge is 0.372 e. The maximum atomic E-state index is 12.5. The molecule has 0 saturated carbocycles. The van der Waals surface area contributed by atoms with Gasteiger partial charge in [-0.25, -0.2) is 0 Å². The fraction of sp³-hybridized carbons (Fsp3) is 0.667. The van der Waals surface area contributed by atoms with Crippen LogP contribution < -0.4 is 0 Å². The summed E-state index contributed by atoms with van der Waals surface area (Å²) in [6.45, 7) is 6.14. The van der Waals surface area contributed by atoms with Crippen molar-refractivity contribution in [3.05, 3.63) is 21.5 Å². The van der Waals surface area contributed by atoms with Gasteiger partial charge in [-0.3, -0.25) is 19.6 Å². The van der Waals surface area contributed by atoms with E-state index in [2.05, 4.69) is 5.10 Å². The van der Waals surface area contributed by atoms with Crippen molar-refractivity contribution in [1.82, 2.24) is 14.7 Å². The zero-order chi connectivity index (χ0) is 15.0. The Morgan fingerprint density at radius 3 is 2.45 bits per heavy atom. The van der Waals surface area contributed by atoms with Crippen LogP contribution in [-0.2, 0) is 11.8 Å². The van der Waals surface area contributed by atoms with Gasteiger partial charge in [0.15, 0.2) is 0 Å². The van der Waals surface area contributed by atoms with Gasteiger partial charge in [0.1, 0.15) is 5.69 Å². The van der Waals surface area contributed by atoms with Crippen LogP contribution in [0.4, 0.5) is 5.69 Å². The van der Waals surface area contributed by atoms with E-state index in [0.717, 1.165) is 0 Å². The number of hydrogen-bond acceptors (Lipinski definition) is 5. The molecule has 1 aliphatic heterocycles. The first kappa shape index (κ1) is 14.4. The van der Waals surface area contributed by atoms with Gasteiger partial charge in [-0.1, -0.05) is 0 Å². The molecule has 2 atom stereocenters. The second-order valence-electron chi connectivity index (χ2n) is 5.13. The molecule has 0 unspecified atom stereocenters. The van der Waals surface area contributed by atoms with Gasteiger partial charge < -0.3 is 9.64 Å². The van der Waals surface area contributed by atoms with Crippen LogP contribution in [0.1, 0.15) is 30.0 Å². The summed E-state index contributed by atoms with van der Waals surface area (Å²) in [5.74, 6) is -0.414. The second-order valence-corrected chi connectivity index (χ2v) is 5.13. The molecule has 1 aliphatic rings. The summed E-state index contributed by atoms with van der Waals surface area (Å²) in [5, 5.41) is 15.1. The fourth-order valence-electron chi connectivity index (χ4n) is 2.45. The summed E-state index contributed by atoms with van der Waals surface area (Å²) in [5.41, 5.74) is 0.0494. The monoisotopic (exact) mass is 282 g/mol. The molecule has 8 heteroatoms. The minimum atomic E-state index is -0.553. The highest BCUT2D eigenvalue weighted by atomic mass is 16.6. The molecule has 0 aliphatic carbocycles. The summed E-state index contributed by atoms with van der Waals surface area (Å²) >= 11 is 0. The third kappa shape index (κ3) is 2.51. The molecular weight excluding hydrogens is 264 g/mol. The predicted molar refractivity (Wildman–Crippen MR) is 70.5 cm³/mol. The first-order valence-electron chi connectivity index (χ1n) is 6.44.